The molecule has 1 aromatic carbocycles. The van der Waals surface area contributed by atoms with Gasteiger partial charge < -0.3 is 15.5 Å². The monoisotopic (exact) mass is 358 g/mol. The van der Waals surface area contributed by atoms with Crippen molar-refractivity contribution in [1.29, 1.82) is 0 Å². The molecule has 0 aliphatic carbocycles. The number of anilines is 1. The van der Waals surface area contributed by atoms with Gasteiger partial charge in [-0.2, -0.15) is 9.97 Å². The minimum absolute atomic E-state index is 0.0156. The van der Waals surface area contributed by atoms with Gasteiger partial charge in [0.2, 0.25) is 0 Å². The van der Waals surface area contributed by atoms with Crippen LogP contribution in [-0.4, -0.2) is 31.0 Å². The van der Waals surface area contributed by atoms with E-state index in [0.717, 1.165) is 12.8 Å². The number of hydrogen-bond acceptors (Lipinski definition) is 7. The fourth-order valence-corrected chi connectivity index (χ4v) is 2.46. The number of nitrogen functional groups attached to an aromatic ring is 1. The van der Waals surface area contributed by atoms with E-state index in [1.807, 2.05) is 6.92 Å². The molecule has 3 N–H and O–H groups in total. The number of ether oxygens (including phenoxy) is 1. The van der Waals surface area contributed by atoms with Crippen LogP contribution in [-0.2, 0) is 6.54 Å². The number of fused-ring (bicyclic) bond motifs is 1. The molecule has 0 radical (unpaired) electrons. The Labute approximate surface area is 147 Å². The van der Waals surface area contributed by atoms with Gasteiger partial charge in [0.1, 0.15) is 5.52 Å². The van der Waals surface area contributed by atoms with Crippen LogP contribution in [0.5, 0.6) is 6.01 Å². The van der Waals surface area contributed by atoms with Crippen molar-refractivity contribution < 1.29 is 9.66 Å². The van der Waals surface area contributed by atoms with Crippen molar-refractivity contribution in [2.24, 2.45) is 0 Å². The second-order valence-electron chi connectivity index (χ2n) is 5.73. The number of hydrogen-bond donors (Lipinski definition) is 2. The molecule has 0 atom stereocenters. The van der Waals surface area contributed by atoms with Gasteiger partial charge in [0.05, 0.1) is 18.1 Å². The lowest BCUT2D eigenvalue weighted by atomic mass is 10.2. The first-order chi connectivity index (χ1) is 12.5. The first-order valence-corrected chi connectivity index (χ1v) is 8.11. The fraction of sp³-hybridized carbons (Fsp3) is 0.312. The van der Waals surface area contributed by atoms with Gasteiger partial charge in [-0.1, -0.05) is 25.5 Å². The third-order valence-corrected chi connectivity index (χ3v) is 3.85. The summed E-state index contributed by atoms with van der Waals surface area (Å²) in [7, 11) is 0. The summed E-state index contributed by atoms with van der Waals surface area (Å²) in [6, 6.07) is 6.06. The van der Waals surface area contributed by atoms with Crippen LogP contribution in [0.4, 0.5) is 11.5 Å². The van der Waals surface area contributed by atoms with Gasteiger partial charge in [-0.05, 0) is 12.0 Å². The zero-order valence-corrected chi connectivity index (χ0v) is 14.1. The van der Waals surface area contributed by atoms with Gasteiger partial charge in [0.25, 0.3) is 5.69 Å². The van der Waals surface area contributed by atoms with E-state index in [4.69, 9.17) is 10.5 Å². The van der Waals surface area contributed by atoms with Gasteiger partial charge in [-0.3, -0.25) is 14.7 Å². The van der Waals surface area contributed by atoms with Crippen LogP contribution in [0.1, 0.15) is 25.3 Å². The van der Waals surface area contributed by atoms with E-state index in [9.17, 15) is 14.9 Å². The summed E-state index contributed by atoms with van der Waals surface area (Å²) in [5.41, 5.74) is 6.86. The molecule has 2 aromatic heterocycles. The molecule has 2 heterocycles. The molecule has 0 fully saturated rings. The van der Waals surface area contributed by atoms with Crippen molar-refractivity contribution in [2.75, 3.05) is 12.3 Å². The number of nitro benzene ring substituents is 1. The molecule has 3 aromatic rings. The largest absolute Gasteiger partial charge is 0.463 e. The molecule has 0 aliphatic rings. The van der Waals surface area contributed by atoms with Crippen LogP contribution in [0.15, 0.2) is 29.1 Å². The van der Waals surface area contributed by atoms with Crippen LogP contribution in [0, 0.1) is 10.1 Å². The van der Waals surface area contributed by atoms with Crippen LogP contribution in [0.3, 0.4) is 0 Å². The summed E-state index contributed by atoms with van der Waals surface area (Å²) in [6.45, 7) is 2.68. The first-order valence-electron chi connectivity index (χ1n) is 8.11. The predicted molar refractivity (Wildman–Crippen MR) is 95.2 cm³/mol. The van der Waals surface area contributed by atoms with Gasteiger partial charge >= 0.3 is 11.7 Å². The number of nitrogens with two attached hydrogens (primary N) is 1. The quantitative estimate of drug-likeness (QED) is 0.373. The highest BCUT2D eigenvalue weighted by Crippen LogP contribution is 2.19. The van der Waals surface area contributed by atoms with Crippen molar-refractivity contribution in [3.05, 3.63) is 50.4 Å². The third-order valence-electron chi connectivity index (χ3n) is 3.85. The lowest BCUT2D eigenvalue weighted by Crippen LogP contribution is -2.17. The Hall–Kier alpha value is -3.43. The highest BCUT2D eigenvalue weighted by molar-refractivity contribution is 5.81. The number of unbranched alkanes of at least 4 members (excludes halogenated alkanes) is 1. The van der Waals surface area contributed by atoms with Crippen molar-refractivity contribution in [2.45, 2.75) is 26.3 Å². The van der Waals surface area contributed by atoms with E-state index in [1.165, 1.54) is 16.7 Å². The maximum absolute atomic E-state index is 12.3. The minimum Gasteiger partial charge on any atom is -0.463 e. The summed E-state index contributed by atoms with van der Waals surface area (Å²) < 4.78 is 6.88. The number of nitro groups is 1. The molecule has 0 spiro atoms. The van der Waals surface area contributed by atoms with E-state index in [2.05, 4.69) is 15.0 Å². The average Bonchev–Trinajstić information content (AvgIpc) is 2.92. The van der Waals surface area contributed by atoms with Crippen molar-refractivity contribution >= 4 is 22.7 Å². The summed E-state index contributed by atoms with van der Waals surface area (Å²) in [4.78, 5) is 33.5. The number of nitrogens with zero attached hydrogens (tertiary/aromatic N) is 4. The minimum atomic E-state index is -0.477. The molecule has 136 valence electrons. The van der Waals surface area contributed by atoms with E-state index < -0.39 is 10.6 Å². The zero-order chi connectivity index (χ0) is 18.7. The van der Waals surface area contributed by atoms with Crippen LogP contribution in [0.2, 0.25) is 0 Å². The Bertz CT molecular complexity index is 992. The summed E-state index contributed by atoms with van der Waals surface area (Å²) in [5, 5.41) is 10.7. The standard InChI is InChI=1S/C16H18N6O4/c1-2-3-8-26-15-19-13(17)12-14(20-15)21(16(23)18-12)9-10-4-6-11(7-5-10)22(24)25/h4-7H,2-3,8-9H2,1H3,(H,18,23)(H2,17,19,20). The Balaban J connectivity index is 1.95. The Morgan fingerprint density at radius 2 is 2.04 bits per heavy atom. The molecule has 0 amide bonds. The lowest BCUT2D eigenvalue weighted by Gasteiger charge is -2.06. The smallest absolute Gasteiger partial charge is 0.328 e. The molecule has 0 saturated carbocycles. The number of non-ortho nitro benzene ring substituents is 1. The Kier molecular flexibility index (Phi) is 4.83. The average molecular weight is 358 g/mol. The van der Waals surface area contributed by atoms with Crippen LogP contribution in [0.25, 0.3) is 11.2 Å². The van der Waals surface area contributed by atoms with Gasteiger partial charge in [-0.15, -0.1) is 0 Å². The van der Waals surface area contributed by atoms with Gasteiger partial charge in [0.15, 0.2) is 11.5 Å². The van der Waals surface area contributed by atoms with E-state index in [1.54, 1.807) is 12.1 Å². The molecule has 0 unspecified atom stereocenters. The number of aromatic amines is 1. The number of nitrogens with one attached hydrogen (secondary N) is 1. The van der Waals surface area contributed by atoms with Crippen LogP contribution < -0.4 is 16.2 Å². The maximum Gasteiger partial charge on any atom is 0.328 e. The normalized spacial score (nSPS) is 11.0. The molecule has 0 aliphatic heterocycles. The molecule has 26 heavy (non-hydrogen) atoms. The second-order valence-corrected chi connectivity index (χ2v) is 5.73. The molecular weight excluding hydrogens is 340 g/mol. The van der Waals surface area contributed by atoms with Crippen LogP contribution >= 0.6 is 0 Å². The first kappa shape index (κ1) is 17.4. The topological polar surface area (TPSA) is 142 Å². The highest BCUT2D eigenvalue weighted by atomic mass is 16.6. The van der Waals surface area contributed by atoms with Gasteiger partial charge in [0, 0.05) is 12.1 Å². The summed E-state index contributed by atoms with van der Waals surface area (Å²) in [5.74, 6) is 0.126. The lowest BCUT2D eigenvalue weighted by molar-refractivity contribution is -0.384. The molecule has 0 bridgehead atoms. The van der Waals surface area contributed by atoms with Gasteiger partial charge in [-0.25, -0.2) is 4.79 Å². The zero-order valence-electron chi connectivity index (χ0n) is 14.1. The Morgan fingerprint density at radius 3 is 2.69 bits per heavy atom. The summed E-state index contributed by atoms with van der Waals surface area (Å²) >= 11 is 0. The molecular formula is C16H18N6O4. The van der Waals surface area contributed by atoms with Crippen molar-refractivity contribution in [3.8, 4) is 6.01 Å². The number of aromatic nitrogens is 4. The fourth-order valence-electron chi connectivity index (χ4n) is 2.46. The maximum atomic E-state index is 12.3. The number of imidazole rings is 1. The number of benzene rings is 1. The van der Waals surface area contributed by atoms with Crippen molar-refractivity contribution in [3.63, 3.8) is 0 Å². The molecule has 3 rings (SSSR count). The third kappa shape index (κ3) is 3.48. The Morgan fingerprint density at radius 1 is 1.31 bits per heavy atom. The highest BCUT2D eigenvalue weighted by Gasteiger charge is 2.15. The summed E-state index contributed by atoms with van der Waals surface area (Å²) in [6.07, 6.45) is 1.82. The number of H-pyrrole nitrogens is 1. The van der Waals surface area contributed by atoms with E-state index in [-0.39, 0.29) is 24.1 Å². The molecule has 0 saturated heterocycles. The second kappa shape index (κ2) is 7.21. The molecule has 10 heteroatoms. The SMILES string of the molecule is CCCCOc1nc(N)c2[nH]c(=O)n(Cc3ccc([N+](=O)[O-])cc3)c2n1. The van der Waals surface area contributed by atoms with E-state index >= 15 is 0 Å². The molecule has 10 nitrogen and oxygen atoms in total. The van der Waals surface area contributed by atoms with Crippen molar-refractivity contribution in [1.82, 2.24) is 19.5 Å². The predicted octanol–water partition coefficient (Wildman–Crippen LogP) is 1.84. The van der Waals surface area contributed by atoms with E-state index in [0.29, 0.717) is 23.3 Å². The number of rotatable bonds is 7.